The van der Waals surface area contributed by atoms with E-state index >= 15 is 0 Å². The van der Waals surface area contributed by atoms with E-state index in [2.05, 4.69) is 62.2 Å². The van der Waals surface area contributed by atoms with Crippen molar-refractivity contribution in [2.24, 2.45) is 0 Å². The van der Waals surface area contributed by atoms with E-state index in [1.54, 1.807) is 18.7 Å². The maximum atomic E-state index is 13.5. The van der Waals surface area contributed by atoms with Gasteiger partial charge < -0.3 is 19.4 Å². The van der Waals surface area contributed by atoms with Crippen LogP contribution in [0.5, 0.6) is 0 Å². The van der Waals surface area contributed by atoms with Crippen molar-refractivity contribution in [1.82, 2.24) is 34.4 Å². The van der Waals surface area contributed by atoms with Gasteiger partial charge in [0, 0.05) is 65.6 Å². The second kappa shape index (κ2) is 10.8. The van der Waals surface area contributed by atoms with Crippen LogP contribution in [0.2, 0.25) is 0 Å². The molecule has 6 rings (SSSR count). The van der Waals surface area contributed by atoms with Crippen LogP contribution in [0.3, 0.4) is 0 Å². The van der Waals surface area contributed by atoms with Gasteiger partial charge in [-0.15, -0.1) is 0 Å². The molecule has 4 aromatic heterocycles. The number of aromatic nitrogens is 6. The highest BCUT2D eigenvalue weighted by Gasteiger charge is 2.24. The lowest BCUT2D eigenvalue weighted by Crippen LogP contribution is -2.32. The van der Waals surface area contributed by atoms with Gasteiger partial charge in [0.25, 0.3) is 5.91 Å². The molecule has 0 aliphatic rings. The summed E-state index contributed by atoms with van der Waals surface area (Å²) >= 11 is 0. The summed E-state index contributed by atoms with van der Waals surface area (Å²) in [7, 11) is 0. The van der Waals surface area contributed by atoms with Gasteiger partial charge in [0.1, 0.15) is 11.5 Å². The van der Waals surface area contributed by atoms with Crippen molar-refractivity contribution in [3.63, 3.8) is 0 Å². The van der Waals surface area contributed by atoms with Crippen LogP contribution >= 0.6 is 0 Å². The topological polar surface area (TPSA) is 93.4 Å². The Kier molecular flexibility index (Phi) is 6.74. The van der Waals surface area contributed by atoms with E-state index in [9.17, 15) is 4.79 Å². The third kappa shape index (κ3) is 5.22. The number of fused-ring (bicyclic) bond motifs is 1. The predicted molar refractivity (Wildman–Crippen MR) is 152 cm³/mol. The SMILES string of the molecule is CCCn1cc(-c2ccc(-n3ccnc3)cc2)nc1[C@H](Cc1ccccn1)NC(=O)c1cc2ccccc2[nH]1. The van der Waals surface area contributed by atoms with Gasteiger partial charge in [-0.05, 0) is 42.8 Å². The van der Waals surface area contributed by atoms with Crippen molar-refractivity contribution in [3.8, 4) is 16.9 Å². The number of nitrogens with zero attached hydrogens (tertiary/aromatic N) is 5. The lowest BCUT2D eigenvalue weighted by atomic mass is 10.1. The molecule has 1 amide bonds. The Morgan fingerprint density at radius 3 is 2.62 bits per heavy atom. The number of aromatic amines is 1. The minimum absolute atomic E-state index is 0.176. The molecule has 0 aliphatic heterocycles. The number of nitrogens with one attached hydrogen (secondary N) is 2. The molecule has 0 radical (unpaired) electrons. The molecular formula is C31H29N7O. The quantitative estimate of drug-likeness (QED) is 0.257. The smallest absolute Gasteiger partial charge is 0.268 e. The molecule has 1 atom stereocenters. The summed E-state index contributed by atoms with van der Waals surface area (Å²) in [5.74, 6) is 0.630. The monoisotopic (exact) mass is 515 g/mol. The van der Waals surface area contributed by atoms with Crippen LogP contribution in [-0.2, 0) is 13.0 Å². The maximum absolute atomic E-state index is 13.5. The van der Waals surface area contributed by atoms with Crippen molar-refractivity contribution in [3.05, 3.63) is 121 Å². The highest BCUT2D eigenvalue weighted by Crippen LogP contribution is 2.26. The first-order chi connectivity index (χ1) is 19.2. The average Bonchev–Trinajstić information content (AvgIpc) is 3.74. The molecule has 194 valence electrons. The van der Waals surface area contributed by atoms with Crippen LogP contribution in [0.4, 0.5) is 0 Å². The first-order valence-electron chi connectivity index (χ1n) is 13.1. The number of benzene rings is 2. The molecule has 8 heteroatoms. The minimum atomic E-state index is -0.371. The van der Waals surface area contributed by atoms with E-state index < -0.39 is 0 Å². The van der Waals surface area contributed by atoms with E-state index in [0.29, 0.717) is 12.1 Å². The zero-order valence-electron chi connectivity index (χ0n) is 21.7. The fourth-order valence-electron chi connectivity index (χ4n) is 4.85. The van der Waals surface area contributed by atoms with Gasteiger partial charge in [-0.1, -0.05) is 43.3 Å². The number of carbonyl (C=O) groups excluding carboxylic acids is 1. The van der Waals surface area contributed by atoms with E-state index in [1.807, 2.05) is 59.3 Å². The molecule has 0 saturated heterocycles. The fourth-order valence-corrected chi connectivity index (χ4v) is 4.85. The predicted octanol–water partition coefficient (Wildman–Crippen LogP) is 5.74. The van der Waals surface area contributed by atoms with Crippen molar-refractivity contribution in [2.45, 2.75) is 32.4 Å². The molecule has 0 spiro atoms. The average molecular weight is 516 g/mol. The number of rotatable bonds is 9. The Balaban J connectivity index is 1.34. The molecule has 0 saturated carbocycles. The van der Waals surface area contributed by atoms with Gasteiger partial charge >= 0.3 is 0 Å². The summed E-state index contributed by atoms with van der Waals surface area (Å²) in [6.07, 6.45) is 10.8. The van der Waals surface area contributed by atoms with Crippen LogP contribution in [0.1, 0.15) is 41.4 Å². The Bertz CT molecular complexity index is 1650. The van der Waals surface area contributed by atoms with Crippen LogP contribution in [0, 0.1) is 0 Å². The summed E-state index contributed by atoms with van der Waals surface area (Å²) in [5.41, 5.74) is 5.24. The molecule has 8 nitrogen and oxygen atoms in total. The normalized spacial score (nSPS) is 12.0. The van der Waals surface area contributed by atoms with Gasteiger partial charge in [-0.3, -0.25) is 9.78 Å². The van der Waals surface area contributed by atoms with Gasteiger partial charge in [-0.2, -0.15) is 0 Å². The number of carbonyl (C=O) groups is 1. The van der Waals surface area contributed by atoms with Crippen LogP contribution in [-0.4, -0.2) is 35.0 Å². The fraction of sp³-hybridized carbons (Fsp3) is 0.161. The number of hydrogen-bond donors (Lipinski definition) is 2. The highest BCUT2D eigenvalue weighted by molar-refractivity contribution is 5.98. The zero-order chi connectivity index (χ0) is 26.6. The lowest BCUT2D eigenvalue weighted by Gasteiger charge is -2.19. The molecule has 2 aromatic carbocycles. The first-order valence-corrected chi connectivity index (χ1v) is 13.1. The van der Waals surface area contributed by atoms with Crippen LogP contribution in [0.25, 0.3) is 27.8 Å². The van der Waals surface area contributed by atoms with Crippen molar-refractivity contribution in [2.75, 3.05) is 0 Å². The number of hydrogen-bond acceptors (Lipinski definition) is 4. The molecular weight excluding hydrogens is 486 g/mol. The van der Waals surface area contributed by atoms with Crippen molar-refractivity contribution >= 4 is 16.8 Å². The third-order valence-electron chi connectivity index (χ3n) is 6.77. The number of para-hydroxylation sites is 1. The number of pyridine rings is 1. The molecule has 0 fully saturated rings. The summed E-state index contributed by atoms with van der Waals surface area (Å²) in [6, 6.07) is 23.5. The van der Waals surface area contributed by atoms with Gasteiger partial charge in [0.05, 0.1) is 18.1 Å². The number of aryl methyl sites for hydroxylation is 1. The highest BCUT2D eigenvalue weighted by atomic mass is 16.2. The lowest BCUT2D eigenvalue weighted by molar-refractivity contribution is 0.0929. The van der Waals surface area contributed by atoms with Crippen molar-refractivity contribution in [1.29, 1.82) is 0 Å². The number of H-pyrrole nitrogens is 1. The number of imidazole rings is 2. The van der Waals surface area contributed by atoms with E-state index in [1.165, 1.54) is 0 Å². The van der Waals surface area contributed by atoms with Gasteiger partial charge in [-0.25, -0.2) is 9.97 Å². The Morgan fingerprint density at radius 2 is 1.87 bits per heavy atom. The molecule has 6 aromatic rings. The molecule has 39 heavy (non-hydrogen) atoms. The molecule has 0 bridgehead atoms. The second-order valence-corrected chi connectivity index (χ2v) is 9.52. The Hall–Kier alpha value is -4.98. The molecule has 0 unspecified atom stereocenters. The minimum Gasteiger partial charge on any atom is -0.351 e. The summed E-state index contributed by atoms with van der Waals surface area (Å²) in [4.78, 5) is 30.4. The van der Waals surface area contributed by atoms with Gasteiger partial charge in [0.2, 0.25) is 0 Å². The van der Waals surface area contributed by atoms with Crippen molar-refractivity contribution < 1.29 is 4.79 Å². The first kappa shape index (κ1) is 24.4. The second-order valence-electron chi connectivity index (χ2n) is 9.52. The molecule has 2 N–H and O–H groups in total. The van der Waals surface area contributed by atoms with Crippen LogP contribution < -0.4 is 5.32 Å². The molecule has 4 heterocycles. The largest absolute Gasteiger partial charge is 0.351 e. The summed E-state index contributed by atoms with van der Waals surface area (Å²) < 4.78 is 4.12. The third-order valence-corrected chi connectivity index (χ3v) is 6.77. The van der Waals surface area contributed by atoms with Gasteiger partial charge in [0.15, 0.2) is 0 Å². The maximum Gasteiger partial charge on any atom is 0.268 e. The van der Waals surface area contributed by atoms with Crippen LogP contribution in [0.15, 0.2) is 104 Å². The van der Waals surface area contributed by atoms with E-state index in [-0.39, 0.29) is 11.9 Å². The van der Waals surface area contributed by atoms with E-state index in [0.717, 1.165) is 52.3 Å². The molecule has 0 aliphatic carbocycles. The standard InChI is InChI=1S/C31H29N7O/c1-2-16-37-20-29(22-10-12-25(13-11-22)38-17-15-32-21-38)35-30(37)27(19-24-8-5-6-14-33-24)36-31(39)28-18-23-7-3-4-9-26(23)34-28/h3-15,17-18,20-21,27,34H,2,16,19H2,1H3,(H,36,39)/t27-/m0/s1. The number of amides is 1. The Morgan fingerprint density at radius 1 is 1.03 bits per heavy atom. The summed E-state index contributed by atoms with van der Waals surface area (Å²) in [5, 5.41) is 4.24. The Labute approximate surface area is 226 Å². The summed E-state index contributed by atoms with van der Waals surface area (Å²) in [6.45, 7) is 2.93. The zero-order valence-corrected chi connectivity index (χ0v) is 21.7. The van der Waals surface area contributed by atoms with E-state index in [4.69, 9.17) is 4.98 Å².